The molecular formula is C14H21N3O2. The Bertz CT molecular complexity index is 470. The summed E-state index contributed by atoms with van der Waals surface area (Å²) in [5.74, 6) is 0.269. The van der Waals surface area contributed by atoms with Crippen LogP contribution in [-0.2, 0) is 4.74 Å². The Morgan fingerprint density at radius 3 is 2.89 bits per heavy atom. The number of hydrogen-bond acceptors (Lipinski definition) is 5. The second-order valence-electron chi connectivity index (χ2n) is 5.40. The molecule has 1 aliphatic carbocycles. The lowest BCUT2D eigenvalue weighted by Crippen LogP contribution is -2.33. The molecule has 0 radical (unpaired) electrons. The minimum atomic E-state index is -0.402. The maximum absolute atomic E-state index is 11.7. The summed E-state index contributed by atoms with van der Waals surface area (Å²) in [7, 11) is 0. The van der Waals surface area contributed by atoms with Crippen LogP contribution in [0.25, 0.3) is 0 Å². The largest absolute Gasteiger partial charge is 0.462 e. The molecule has 1 aromatic rings. The van der Waals surface area contributed by atoms with E-state index in [9.17, 15) is 4.79 Å². The Morgan fingerprint density at radius 1 is 1.58 bits per heavy atom. The van der Waals surface area contributed by atoms with E-state index < -0.39 is 5.97 Å². The van der Waals surface area contributed by atoms with Gasteiger partial charge in [-0.1, -0.05) is 13.3 Å². The molecule has 0 saturated heterocycles. The van der Waals surface area contributed by atoms with E-state index in [2.05, 4.69) is 17.2 Å². The molecule has 1 saturated carbocycles. The van der Waals surface area contributed by atoms with E-state index >= 15 is 0 Å². The second kappa shape index (κ2) is 5.47. The fourth-order valence-electron chi connectivity index (χ4n) is 2.21. The van der Waals surface area contributed by atoms with Crippen LogP contribution >= 0.6 is 0 Å². The fourth-order valence-corrected chi connectivity index (χ4v) is 2.21. The summed E-state index contributed by atoms with van der Waals surface area (Å²) >= 11 is 0. The molecule has 0 bridgehead atoms. The summed E-state index contributed by atoms with van der Waals surface area (Å²) in [5, 5.41) is 3.28. The number of nitrogens with one attached hydrogen (secondary N) is 1. The molecule has 5 heteroatoms. The van der Waals surface area contributed by atoms with Crippen LogP contribution in [0.15, 0.2) is 12.3 Å². The van der Waals surface area contributed by atoms with Gasteiger partial charge in [-0.3, -0.25) is 0 Å². The van der Waals surface area contributed by atoms with Gasteiger partial charge in [0.05, 0.1) is 24.1 Å². The number of pyridine rings is 1. The van der Waals surface area contributed by atoms with Gasteiger partial charge < -0.3 is 15.8 Å². The van der Waals surface area contributed by atoms with Crippen molar-refractivity contribution in [1.29, 1.82) is 0 Å². The van der Waals surface area contributed by atoms with E-state index in [1.54, 1.807) is 13.0 Å². The van der Waals surface area contributed by atoms with Crippen LogP contribution in [0.4, 0.5) is 11.5 Å². The normalized spacial score (nSPS) is 16.5. The molecule has 1 fully saturated rings. The van der Waals surface area contributed by atoms with Gasteiger partial charge in [0.15, 0.2) is 0 Å². The summed E-state index contributed by atoms with van der Waals surface area (Å²) in [6, 6.07) is 1.66. The quantitative estimate of drug-likeness (QED) is 0.798. The van der Waals surface area contributed by atoms with Gasteiger partial charge in [-0.05, 0) is 31.2 Å². The lowest BCUT2D eigenvalue weighted by molar-refractivity contribution is 0.0527. The van der Waals surface area contributed by atoms with Crippen LogP contribution in [0.1, 0.15) is 43.5 Å². The molecule has 2 rings (SSSR count). The third-order valence-electron chi connectivity index (χ3n) is 3.69. The molecule has 1 heterocycles. The first kappa shape index (κ1) is 13.6. The third-order valence-corrected chi connectivity index (χ3v) is 3.69. The summed E-state index contributed by atoms with van der Waals surface area (Å²) in [6.45, 7) is 5.23. The Labute approximate surface area is 113 Å². The highest BCUT2D eigenvalue weighted by atomic mass is 16.5. The molecule has 19 heavy (non-hydrogen) atoms. The summed E-state index contributed by atoms with van der Waals surface area (Å²) < 4.78 is 4.97. The van der Waals surface area contributed by atoms with Crippen molar-refractivity contribution < 1.29 is 9.53 Å². The molecular weight excluding hydrogens is 242 g/mol. The number of carbonyl (C=O) groups is 1. The molecule has 104 valence electrons. The number of hydrogen-bond donors (Lipinski definition) is 2. The van der Waals surface area contributed by atoms with Gasteiger partial charge in [0, 0.05) is 6.54 Å². The number of carbonyl (C=O) groups excluding carboxylic acids is 1. The van der Waals surface area contributed by atoms with E-state index in [4.69, 9.17) is 10.5 Å². The van der Waals surface area contributed by atoms with Gasteiger partial charge in [0.2, 0.25) is 0 Å². The second-order valence-corrected chi connectivity index (χ2v) is 5.40. The molecule has 0 aromatic carbocycles. The van der Waals surface area contributed by atoms with Crippen LogP contribution in [0.2, 0.25) is 0 Å². The zero-order valence-electron chi connectivity index (χ0n) is 11.5. The third kappa shape index (κ3) is 3.16. The first-order valence-electron chi connectivity index (χ1n) is 6.70. The molecule has 5 nitrogen and oxygen atoms in total. The lowest BCUT2D eigenvalue weighted by atomic mass is 9.70. The Hall–Kier alpha value is -1.78. The standard InChI is InChI=1S/C14H21N3O2/c1-3-19-13(18)10-7-12(16-8-11(10)15)17-9-14(2)5-4-6-14/h7-8H,3-6,9,15H2,1-2H3,(H,16,17). The van der Waals surface area contributed by atoms with E-state index in [0.717, 1.165) is 6.54 Å². The van der Waals surface area contributed by atoms with Crippen LogP contribution in [0.3, 0.4) is 0 Å². The van der Waals surface area contributed by atoms with Gasteiger partial charge in [-0.25, -0.2) is 9.78 Å². The van der Waals surface area contributed by atoms with Crippen molar-refractivity contribution in [2.45, 2.75) is 33.1 Å². The summed E-state index contributed by atoms with van der Waals surface area (Å²) in [6.07, 6.45) is 5.26. The van der Waals surface area contributed by atoms with E-state index in [1.807, 2.05) is 0 Å². The number of aromatic nitrogens is 1. The lowest BCUT2D eigenvalue weighted by Gasteiger charge is -2.38. The molecule has 0 unspecified atom stereocenters. The summed E-state index contributed by atoms with van der Waals surface area (Å²) in [5.41, 5.74) is 6.82. The van der Waals surface area contributed by atoms with Crippen LogP contribution in [0.5, 0.6) is 0 Å². The van der Waals surface area contributed by atoms with Gasteiger partial charge in [-0.2, -0.15) is 0 Å². The minimum absolute atomic E-state index is 0.335. The molecule has 0 amide bonds. The van der Waals surface area contributed by atoms with Gasteiger partial charge in [-0.15, -0.1) is 0 Å². The molecule has 0 atom stereocenters. The SMILES string of the molecule is CCOC(=O)c1cc(NCC2(C)CCC2)ncc1N. The smallest absolute Gasteiger partial charge is 0.340 e. The first-order chi connectivity index (χ1) is 9.04. The monoisotopic (exact) mass is 263 g/mol. The molecule has 1 aromatic heterocycles. The predicted octanol–water partition coefficient (Wildman–Crippen LogP) is 2.44. The van der Waals surface area contributed by atoms with Gasteiger partial charge >= 0.3 is 5.97 Å². The van der Waals surface area contributed by atoms with Crippen molar-refractivity contribution in [3.63, 3.8) is 0 Å². The number of nitrogens with zero attached hydrogens (tertiary/aromatic N) is 1. The zero-order valence-corrected chi connectivity index (χ0v) is 11.5. The highest BCUT2D eigenvalue weighted by molar-refractivity contribution is 5.95. The first-order valence-corrected chi connectivity index (χ1v) is 6.70. The minimum Gasteiger partial charge on any atom is -0.462 e. The number of anilines is 2. The summed E-state index contributed by atoms with van der Waals surface area (Å²) in [4.78, 5) is 15.9. The highest BCUT2D eigenvalue weighted by Crippen LogP contribution is 2.40. The topological polar surface area (TPSA) is 77.2 Å². The molecule has 0 aliphatic heterocycles. The molecule has 1 aliphatic rings. The average molecular weight is 263 g/mol. The van der Waals surface area contributed by atoms with E-state index in [1.165, 1.54) is 25.5 Å². The van der Waals surface area contributed by atoms with Crippen molar-refractivity contribution in [3.05, 3.63) is 17.8 Å². The number of ether oxygens (including phenoxy) is 1. The Morgan fingerprint density at radius 2 is 2.32 bits per heavy atom. The van der Waals surface area contributed by atoms with Crippen molar-refractivity contribution >= 4 is 17.5 Å². The maximum atomic E-state index is 11.7. The Kier molecular flexibility index (Phi) is 3.93. The van der Waals surface area contributed by atoms with Crippen LogP contribution < -0.4 is 11.1 Å². The molecule has 0 spiro atoms. The van der Waals surface area contributed by atoms with E-state index in [-0.39, 0.29) is 0 Å². The maximum Gasteiger partial charge on any atom is 0.340 e. The fraction of sp³-hybridized carbons (Fsp3) is 0.571. The highest BCUT2D eigenvalue weighted by Gasteiger charge is 2.31. The van der Waals surface area contributed by atoms with Crippen molar-refractivity contribution in [2.75, 3.05) is 24.2 Å². The van der Waals surface area contributed by atoms with Crippen LogP contribution in [0, 0.1) is 5.41 Å². The number of rotatable bonds is 5. The zero-order chi connectivity index (χ0) is 13.9. The number of esters is 1. The number of nitrogen functional groups attached to an aromatic ring is 1. The average Bonchev–Trinajstić information content (AvgIpc) is 2.35. The van der Waals surface area contributed by atoms with Gasteiger partial charge in [0.1, 0.15) is 5.82 Å². The number of nitrogens with two attached hydrogens (primary N) is 1. The van der Waals surface area contributed by atoms with Crippen molar-refractivity contribution in [3.8, 4) is 0 Å². The molecule has 3 N–H and O–H groups in total. The van der Waals surface area contributed by atoms with Crippen molar-refractivity contribution in [1.82, 2.24) is 4.98 Å². The van der Waals surface area contributed by atoms with Gasteiger partial charge in [0.25, 0.3) is 0 Å². The Balaban J connectivity index is 2.05. The van der Waals surface area contributed by atoms with Crippen molar-refractivity contribution in [2.24, 2.45) is 5.41 Å². The van der Waals surface area contributed by atoms with Crippen LogP contribution in [-0.4, -0.2) is 24.1 Å². The van der Waals surface area contributed by atoms with E-state index in [0.29, 0.717) is 29.1 Å². The predicted molar refractivity (Wildman–Crippen MR) is 75.1 cm³/mol.